The lowest BCUT2D eigenvalue weighted by Gasteiger charge is -2.13. The summed E-state index contributed by atoms with van der Waals surface area (Å²) in [5.41, 5.74) is 6.35. The molecule has 8 heteroatoms. The molecule has 2 N–H and O–H groups in total. The van der Waals surface area contributed by atoms with Gasteiger partial charge in [-0.2, -0.15) is 5.10 Å². The molecule has 0 radical (unpaired) electrons. The highest BCUT2D eigenvalue weighted by molar-refractivity contribution is 9.10. The summed E-state index contributed by atoms with van der Waals surface area (Å²) in [5, 5.41) is 7.12. The van der Waals surface area contributed by atoms with Crippen molar-refractivity contribution in [3.63, 3.8) is 0 Å². The van der Waals surface area contributed by atoms with Crippen molar-refractivity contribution in [2.75, 3.05) is 5.32 Å². The topological polar surface area (TPSA) is 96.6 Å². The lowest BCUT2D eigenvalue weighted by atomic mass is 9.93. The molecule has 3 aromatic rings. The largest absolute Gasteiger partial charge is 0.455 e. The van der Waals surface area contributed by atoms with Gasteiger partial charge in [0.25, 0.3) is 11.8 Å². The fourth-order valence-electron chi connectivity index (χ4n) is 3.50. The van der Waals surface area contributed by atoms with Gasteiger partial charge in [-0.3, -0.25) is 9.59 Å². The van der Waals surface area contributed by atoms with Crippen molar-refractivity contribution in [2.24, 2.45) is 5.10 Å². The molecule has 4 rings (SSSR count). The smallest absolute Gasteiger partial charge is 0.292 e. The van der Waals surface area contributed by atoms with Crippen LogP contribution >= 0.6 is 15.9 Å². The zero-order chi connectivity index (χ0) is 22.0. The number of halogens is 1. The van der Waals surface area contributed by atoms with Crippen LogP contribution in [0.5, 0.6) is 0 Å². The van der Waals surface area contributed by atoms with E-state index < -0.39 is 0 Å². The lowest BCUT2D eigenvalue weighted by molar-refractivity contribution is 0.0953. The Hall–Kier alpha value is -3.26. The molecular weight excluding hydrogens is 460 g/mol. The molecule has 0 atom stereocenters. The Balaban J connectivity index is 1.55. The number of amides is 2. The maximum Gasteiger partial charge on any atom is 0.292 e. The maximum absolute atomic E-state index is 12.8. The minimum Gasteiger partial charge on any atom is -0.455 e. The number of hydrogen-bond donors (Lipinski definition) is 2. The Labute approximate surface area is 188 Å². The summed E-state index contributed by atoms with van der Waals surface area (Å²) in [7, 11) is 0. The predicted molar refractivity (Wildman–Crippen MR) is 121 cm³/mol. The maximum atomic E-state index is 12.8. The number of aryl methyl sites for hydroxylation is 2. The van der Waals surface area contributed by atoms with E-state index in [1.807, 2.05) is 19.9 Å². The molecular formula is C23H21BrN4O3. The van der Waals surface area contributed by atoms with E-state index in [0.717, 1.165) is 22.0 Å². The molecule has 0 spiro atoms. The fraction of sp³-hybridized carbons (Fsp3) is 0.217. The quantitative estimate of drug-likeness (QED) is 0.525. The summed E-state index contributed by atoms with van der Waals surface area (Å²) in [6.07, 6.45) is 3.92. The molecule has 0 fully saturated rings. The molecule has 0 aliphatic heterocycles. The molecule has 158 valence electrons. The van der Waals surface area contributed by atoms with Crippen LogP contribution in [-0.4, -0.2) is 22.5 Å². The molecule has 1 aliphatic rings. The van der Waals surface area contributed by atoms with Gasteiger partial charge < -0.3 is 9.73 Å². The van der Waals surface area contributed by atoms with E-state index in [2.05, 4.69) is 36.8 Å². The number of nitrogens with one attached hydrogen (secondary N) is 2. The molecule has 2 aromatic heterocycles. The first-order valence-electron chi connectivity index (χ1n) is 9.91. The van der Waals surface area contributed by atoms with Gasteiger partial charge >= 0.3 is 0 Å². The number of benzene rings is 1. The third-order valence-electron chi connectivity index (χ3n) is 5.08. The predicted octanol–water partition coefficient (Wildman–Crippen LogP) is 4.78. The summed E-state index contributed by atoms with van der Waals surface area (Å²) in [6.45, 7) is 3.76. The van der Waals surface area contributed by atoms with Crippen LogP contribution in [0.2, 0.25) is 0 Å². The van der Waals surface area contributed by atoms with Gasteiger partial charge in [-0.25, -0.2) is 10.4 Å². The van der Waals surface area contributed by atoms with Gasteiger partial charge in [0.15, 0.2) is 5.76 Å². The third kappa shape index (κ3) is 4.59. The Morgan fingerprint density at radius 2 is 1.84 bits per heavy atom. The van der Waals surface area contributed by atoms with Crippen LogP contribution in [0.25, 0.3) is 0 Å². The molecule has 7 nitrogen and oxygen atoms in total. The fourth-order valence-corrected chi connectivity index (χ4v) is 3.76. The van der Waals surface area contributed by atoms with Crippen molar-refractivity contribution < 1.29 is 14.0 Å². The number of hydrazone groups is 1. The number of pyridine rings is 1. The highest BCUT2D eigenvalue weighted by atomic mass is 79.9. The third-order valence-corrected chi connectivity index (χ3v) is 5.61. The van der Waals surface area contributed by atoms with Crippen LogP contribution < -0.4 is 10.7 Å². The van der Waals surface area contributed by atoms with Gasteiger partial charge in [0.05, 0.1) is 5.71 Å². The minimum atomic E-state index is -0.360. The first kappa shape index (κ1) is 21.0. The van der Waals surface area contributed by atoms with Crippen LogP contribution in [0.4, 0.5) is 5.82 Å². The van der Waals surface area contributed by atoms with Crippen molar-refractivity contribution in [3.05, 3.63) is 80.8 Å². The minimum absolute atomic E-state index is 0.237. The van der Waals surface area contributed by atoms with E-state index in [1.54, 1.807) is 36.5 Å². The molecule has 0 saturated heterocycles. The van der Waals surface area contributed by atoms with Crippen LogP contribution in [0, 0.1) is 13.8 Å². The first-order chi connectivity index (χ1) is 14.9. The van der Waals surface area contributed by atoms with Gasteiger partial charge in [-0.05, 0) is 62.6 Å². The van der Waals surface area contributed by atoms with Crippen molar-refractivity contribution in [1.29, 1.82) is 0 Å². The van der Waals surface area contributed by atoms with E-state index in [0.29, 0.717) is 41.3 Å². The van der Waals surface area contributed by atoms with E-state index in [-0.39, 0.29) is 17.6 Å². The highest BCUT2D eigenvalue weighted by Gasteiger charge is 2.28. The second-order valence-electron chi connectivity index (χ2n) is 7.39. The summed E-state index contributed by atoms with van der Waals surface area (Å²) in [6, 6.07) is 10.7. The van der Waals surface area contributed by atoms with E-state index in [1.165, 1.54) is 0 Å². The number of anilines is 1. The normalized spacial score (nSPS) is 14.2. The average Bonchev–Trinajstić information content (AvgIpc) is 3.11. The average molecular weight is 481 g/mol. The highest BCUT2D eigenvalue weighted by Crippen LogP contribution is 2.30. The van der Waals surface area contributed by atoms with Gasteiger partial charge in [-0.1, -0.05) is 22.0 Å². The summed E-state index contributed by atoms with van der Waals surface area (Å²) < 4.78 is 6.79. The Morgan fingerprint density at radius 1 is 1.06 bits per heavy atom. The van der Waals surface area contributed by atoms with Crippen molar-refractivity contribution in [1.82, 2.24) is 10.4 Å². The van der Waals surface area contributed by atoms with Gasteiger partial charge in [0, 0.05) is 33.8 Å². The number of hydrogen-bond acceptors (Lipinski definition) is 5. The summed E-state index contributed by atoms with van der Waals surface area (Å²) >= 11 is 3.35. The van der Waals surface area contributed by atoms with Crippen molar-refractivity contribution in [3.8, 4) is 0 Å². The lowest BCUT2D eigenvalue weighted by Crippen LogP contribution is -2.22. The monoisotopic (exact) mass is 480 g/mol. The van der Waals surface area contributed by atoms with Crippen LogP contribution in [-0.2, 0) is 6.42 Å². The van der Waals surface area contributed by atoms with E-state index in [4.69, 9.17) is 4.42 Å². The molecule has 0 bridgehead atoms. The molecule has 0 saturated carbocycles. The Bertz CT molecular complexity index is 1160. The molecule has 1 aromatic carbocycles. The zero-order valence-corrected chi connectivity index (χ0v) is 18.7. The van der Waals surface area contributed by atoms with Crippen LogP contribution in [0.1, 0.15) is 56.2 Å². The molecule has 0 unspecified atom stereocenters. The van der Waals surface area contributed by atoms with Crippen molar-refractivity contribution >= 4 is 39.3 Å². The summed E-state index contributed by atoms with van der Waals surface area (Å²) in [5.74, 6) is 0.752. The second kappa shape index (κ2) is 8.85. The zero-order valence-electron chi connectivity index (χ0n) is 17.2. The van der Waals surface area contributed by atoms with E-state index >= 15 is 0 Å². The molecule has 2 heterocycles. The number of furan rings is 1. The number of fused-ring (bicyclic) bond motifs is 1. The van der Waals surface area contributed by atoms with Gasteiger partial charge in [0.2, 0.25) is 0 Å². The molecule has 31 heavy (non-hydrogen) atoms. The number of rotatable bonds is 4. The van der Waals surface area contributed by atoms with Gasteiger partial charge in [-0.15, -0.1) is 0 Å². The number of nitrogens with zero attached hydrogens (tertiary/aromatic N) is 2. The number of carbonyl (C=O) groups is 2. The Kier molecular flexibility index (Phi) is 5.99. The SMILES string of the molecule is Cc1ccc(NC(=O)c2oc3c(c2C)/C(=N/NC(=O)c2ccc(Br)cc2)CCC3)nc1. The molecule has 1 aliphatic carbocycles. The van der Waals surface area contributed by atoms with Crippen LogP contribution in [0.3, 0.4) is 0 Å². The molecule has 2 amide bonds. The second-order valence-corrected chi connectivity index (χ2v) is 8.30. The Morgan fingerprint density at radius 3 is 2.55 bits per heavy atom. The first-order valence-corrected chi connectivity index (χ1v) is 10.7. The number of aromatic nitrogens is 1. The van der Waals surface area contributed by atoms with E-state index in [9.17, 15) is 9.59 Å². The number of carbonyl (C=O) groups excluding carboxylic acids is 2. The van der Waals surface area contributed by atoms with Crippen molar-refractivity contribution in [2.45, 2.75) is 33.1 Å². The van der Waals surface area contributed by atoms with Gasteiger partial charge in [0.1, 0.15) is 11.6 Å². The van der Waals surface area contributed by atoms with Crippen LogP contribution in [0.15, 0.2) is 56.6 Å². The standard InChI is InChI=1S/C23H21BrN4O3/c1-13-6-11-19(25-12-13)26-23(30)21-14(2)20-17(4-3-5-18(20)31-21)27-28-22(29)15-7-9-16(24)10-8-15/h6-12H,3-5H2,1-2H3,(H,28,29)(H,25,26,30)/b27-17+. The summed E-state index contributed by atoms with van der Waals surface area (Å²) in [4.78, 5) is 29.4.